The van der Waals surface area contributed by atoms with E-state index in [0.29, 0.717) is 18.9 Å². The summed E-state index contributed by atoms with van der Waals surface area (Å²) in [5.41, 5.74) is 6.39. The van der Waals surface area contributed by atoms with Gasteiger partial charge < -0.3 is 10.6 Å². The van der Waals surface area contributed by atoms with Crippen LogP contribution in [0.3, 0.4) is 0 Å². The van der Waals surface area contributed by atoms with Crippen molar-refractivity contribution in [2.24, 2.45) is 11.7 Å². The molecule has 2 aliphatic heterocycles. The lowest BCUT2D eigenvalue weighted by Crippen LogP contribution is -2.52. The highest BCUT2D eigenvalue weighted by Gasteiger charge is 2.45. The van der Waals surface area contributed by atoms with Crippen LogP contribution in [0.2, 0.25) is 0 Å². The first-order chi connectivity index (χ1) is 13.8. The average Bonchev–Trinajstić information content (AvgIpc) is 2.88. The molecule has 1 aromatic rings. The van der Waals surface area contributed by atoms with Gasteiger partial charge in [0.25, 0.3) is 0 Å². The fraction of sp³-hybridized carbons (Fsp3) is 0.636. The molecule has 2 heterocycles. The van der Waals surface area contributed by atoms with E-state index < -0.39 is 37.8 Å². The van der Waals surface area contributed by atoms with Crippen LogP contribution in [-0.4, -0.2) is 49.5 Å². The molecule has 5 atom stereocenters. The Morgan fingerprint density at radius 2 is 1.70 bits per heavy atom. The van der Waals surface area contributed by atoms with Gasteiger partial charge in [0.1, 0.15) is 5.82 Å². The largest absolute Gasteiger partial charge is 0.336 e. The summed E-state index contributed by atoms with van der Waals surface area (Å²) in [6.45, 7) is 5.48. The minimum Gasteiger partial charge on any atom is -0.336 e. The third-order valence-corrected chi connectivity index (χ3v) is 9.63. The van der Waals surface area contributed by atoms with Crippen molar-refractivity contribution >= 4 is 21.3 Å². The van der Waals surface area contributed by atoms with Crippen molar-refractivity contribution in [3.8, 4) is 0 Å². The van der Waals surface area contributed by atoms with Crippen LogP contribution in [-0.2, 0) is 20.7 Å². The summed E-state index contributed by atoms with van der Waals surface area (Å²) in [4.78, 5) is 14.8. The molecule has 1 aromatic carbocycles. The maximum absolute atomic E-state index is 14.0. The van der Waals surface area contributed by atoms with Gasteiger partial charge in [0.2, 0.25) is 5.91 Å². The zero-order chi connectivity index (χ0) is 22.4. The fourth-order valence-electron chi connectivity index (χ4n) is 4.61. The van der Waals surface area contributed by atoms with Crippen molar-refractivity contribution in [3.63, 3.8) is 0 Å². The Labute approximate surface area is 177 Å². The van der Waals surface area contributed by atoms with Gasteiger partial charge in [0.15, 0.2) is 11.6 Å². The van der Waals surface area contributed by atoms with E-state index >= 15 is 0 Å². The molecule has 4 nitrogen and oxygen atoms in total. The molecule has 0 saturated carbocycles. The molecular weight excluding hydrogens is 413 g/mol. The number of rotatable bonds is 5. The lowest BCUT2D eigenvalue weighted by atomic mass is 9.82. The van der Waals surface area contributed by atoms with Crippen LogP contribution in [0.15, 0.2) is 12.1 Å². The zero-order valence-corrected chi connectivity index (χ0v) is 18.6. The Hall–Kier alpha value is -1.54. The fourth-order valence-corrected chi connectivity index (χ4v) is 5.59. The number of hydrogen-bond donors (Lipinski definition) is 1. The number of amides is 1. The Morgan fingerprint density at radius 1 is 1.17 bits per heavy atom. The molecule has 0 spiro atoms. The highest BCUT2D eigenvalue weighted by Crippen LogP contribution is 2.40. The van der Waals surface area contributed by atoms with Crippen LogP contribution in [0.5, 0.6) is 0 Å². The third kappa shape index (κ3) is 4.54. The summed E-state index contributed by atoms with van der Waals surface area (Å²) in [7, 11) is -2.57. The highest BCUT2D eigenvalue weighted by atomic mass is 32.2. The van der Waals surface area contributed by atoms with Gasteiger partial charge in [-0.2, -0.15) is 0 Å². The molecule has 2 saturated heterocycles. The molecule has 2 aliphatic rings. The number of nitrogens with zero attached hydrogens (tertiary/aromatic N) is 1. The summed E-state index contributed by atoms with van der Waals surface area (Å²) in [5, 5.41) is 0. The van der Waals surface area contributed by atoms with Crippen molar-refractivity contribution in [3.05, 3.63) is 35.1 Å². The Kier molecular flexibility index (Phi) is 6.31. The van der Waals surface area contributed by atoms with E-state index in [1.165, 1.54) is 0 Å². The van der Waals surface area contributed by atoms with Crippen LogP contribution in [0, 0.1) is 23.4 Å². The lowest BCUT2D eigenvalue weighted by Gasteiger charge is -2.41. The predicted octanol–water partition coefficient (Wildman–Crippen LogP) is 3.26. The summed E-state index contributed by atoms with van der Waals surface area (Å²) in [6.07, 6.45) is 3.16. The number of carbonyl (C=O) groups excluding carboxylic acids is 1. The van der Waals surface area contributed by atoms with Gasteiger partial charge >= 0.3 is 0 Å². The van der Waals surface area contributed by atoms with Crippen molar-refractivity contribution < 1.29 is 22.2 Å². The van der Waals surface area contributed by atoms with E-state index in [9.17, 15) is 22.2 Å². The minimum atomic E-state index is -2.57. The lowest BCUT2D eigenvalue weighted by molar-refractivity contribution is -0.133. The number of benzene rings is 1. The van der Waals surface area contributed by atoms with E-state index in [1.54, 1.807) is 0 Å². The summed E-state index contributed by atoms with van der Waals surface area (Å²) in [6, 6.07) is 1.02. The Morgan fingerprint density at radius 3 is 2.23 bits per heavy atom. The van der Waals surface area contributed by atoms with Crippen molar-refractivity contribution in [2.45, 2.75) is 75.7 Å². The maximum Gasteiger partial charge on any atom is 0.235 e. The molecule has 0 aliphatic carbocycles. The van der Waals surface area contributed by atoms with E-state index in [2.05, 4.69) is 5.87 Å². The van der Waals surface area contributed by atoms with Crippen molar-refractivity contribution in [1.82, 2.24) is 4.90 Å². The quantitative estimate of drug-likeness (QED) is 0.560. The van der Waals surface area contributed by atoms with Crippen LogP contribution < -0.4 is 5.73 Å². The molecule has 4 unspecified atom stereocenters. The van der Waals surface area contributed by atoms with E-state index in [1.807, 2.05) is 25.7 Å². The standard InChI is InChI=1S/C22H31F3N2O2S/c1-22(2,3)30(4,29)12-21(28)27-15-5-6-16(27)8-14(7-15)20(26)10-13-9-18(24)19(25)11-17(13)23/h9,11,14-16,20H,4-8,10,12,26H2,1-3H3/t14?,15-,16?,20?,30?/m0/s1. The maximum atomic E-state index is 14.0. The van der Waals surface area contributed by atoms with Crippen molar-refractivity contribution in [1.29, 1.82) is 0 Å². The predicted molar refractivity (Wildman–Crippen MR) is 114 cm³/mol. The molecule has 2 bridgehead atoms. The van der Waals surface area contributed by atoms with Gasteiger partial charge in [-0.15, -0.1) is 0 Å². The first kappa shape index (κ1) is 23.1. The number of nitrogens with two attached hydrogens (primary N) is 1. The Bertz CT molecular complexity index is 913. The smallest absolute Gasteiger partial charge is 0.235 e. The molecule has 3 rings (SSSR count). The highest BCUT2D eigenvalue weighted by molar-refractivity contribution is 8.02. The van der Waals surface area contributed by atoms with Crippen molar-refractivity contribution in [2.75, 3.05) is 5.75 Å². The number of halogens is 3. The van der Waals surface area contributed by atoms with Crippen LogP contribution in [0.4, 0.5) is 13.2 Å². The second-order valence-corrected chi connectivity index (χ2v) is 12.8. The van der Waals surface area contributed by atoms with Gasteiger partial charge in [-0.05, 0) is 85.8 Å². The number of carbonyl (C=O) groups is 1. The SMILES string of the molecule is C=S(=O)(CC(=O)N1C2CC[C@H]1CC(C(N)Cc1cc(F)c(F)cc1F)C2)C(C)(C)C. The average molecular weight is 445 g/mol. The van der Waals surface area contributed by atoms with E-state index in [0.717, 1.165) is 18.9 Å². The summed E-state index contributed by atoms with van der Waals surface area (Å²) < 4.78 is 53.0. The molecule has 2 N–H and O–H groups in total. The van der Waals surface area contributed by atoms with Crippen LogP contribution in [0.1, 0.15) is 52.0 Å². The molecular formula is C22H31F3N2O2S. The second-order valence-electron chi connectivity index (χ2n) is 9.71. The summed E-state index contributed by atoms with van der Waals surface area (Å²) >= 11 is 0. The minimum absolute atomic E-state index is 0.0114. The molecule has 2 fully saturated rings. The zero-order valence-electron chi connectivity index (χ0n) is 17.8. The number of hydrogen-bond acceptors (Lipinski definition) is 3. The number of fused-ring (bicyclic) bond motifs is 2. The molecule has 8 heteroatoms. The van der Waals surface area contributed by atoms with E-state index in [-0.39, 0.29) is 41.6 Å². The van der Waals surface area contributed by atoms with Crippen LogP contribution in [0.25, 0.3) is 0 Å². The summed E-state index contributed by atoms with van der Waals surface area (Å²) in [5.74, 6) is 0.572. The normalized spacial score (nSPS) is 27.0. The molecule has 1 amide bonds. The Balaban J connectivity index is 1.67. The molecule has 168 valence electrons. The van der Waals surface area contributed by atoms with E-state index in [4.69, 9.17) is 5.73 Å². The monoisotopic (exact) mass is 444 g/mol. The van der Waals surface area contributed by atoms with Gasteiger partial charge in [-0.3, -0.25) is 9.00 Å². The molecule has 0 aromatic heterocycles. The number of piperidine rings is 1. The van der Waals surface area contributed by atoms with Gasteiger partial charge in [0.05, 0.1) is 5.75 Å². The van der Waals surface area contributed by atoms with Gasteiger partial charge in [-0.25, -0.2) is 13.2 Å². The van der Waals surface area contributed by atoms with Gasteiger partial charge in [0, 0.05) is 28.9 Å². The second kappa shape index (κ2) is 8.19. The third-order valence-electron chi connectivity index (χ3n) is 6.68. The topological polar surface area (TPSA) is 63.4 Å². The van der Waals surface area contributed by atoms with Gasteiger partial charge in [-0.1, -0.05) is 0 Å². The van der Waals surface area contributed by atoms with Crippen LogP contribution >= 0.6 is 0 Å². The first-order valence-electron chi connectivity index (χ1n) is 10.3. The first-order valence-corrected chi connectivity index (χ1v) is 12.2. The molecule has 30 heavy (non-hydrogen) atoms. The molecule has 0 radical (unpaired) electrons.